The second-order valence-corrected chi connectivity index (χ2v) is 4.96. The van der Waals surface area contributed by atoms with Gasteiger partial charge in [0.15, 0.2) is 0 Å². The number of aliphatic hydroxyl groups excluding tert-OH is 1. The van der Waals surface area contributed by atoms with Gasteiger partial charge in [-0.15, -0.1) is 0 Å². The topological polar surface area (TPSA) is 52.6 Å². The third kappa shape index (κ3) is 4.29. The number of nitrogens with zero attached hydrogens (tertiary/aromatic N) is 1. The van der Waals surface area contributed by atoms with E-state index >= 15 is 0 Å². The van der Waals surface area contributed by atoms with E-state index in [0.29, 0.717) is 18.2 Å². The Bertz CT molecular complexity index is 414. The molecule has 1 aromatic carbocycles. The molecule has 4 nitrogen and oxygen atoms in total. The largest absolute Gasteiger partial charge is 0.396 e. The maximum absolute atomic E-state index is 12.7. The fourth-order valence-corrected chi connectivity index (χ4v) is 2.26. The first-order valence-corrected chi connectivity index (χ1v) is 6.56. The van der Waals surface area contributed by atoms with E-state index in [4.69, 9.17) is 5.11 Å². The standard InChI is InChI=1S/C14H19FN2O2/c15-12-1-3-13(4-2-12)16-14(19)9-17-7-5-11(10-18)6-8-17/h1-4,11,18H,5-10H2,(H,16,19). The molecule has 1 heterocycles. The summed E-state index contributed by atoms with van der Waals surface area (Å²) in [6, 6.07) is 5.74. The van der Waals surface area contributed by atoms with Gasteiger partial charge in [-0.2, -0.15) is 0 Å². The number of nitrogens with one attached hydrogen (secondary N) is 1. The van der Waals surface area contributed by atoms with Gasteiger partial charge >= 0.3 is 0 Å². The molecule has 2 N–H and O–H groups in total. The van der Waals surface area contributed by atoms with E-state index in [1.54, 1.807) is 12.1 Å². The number of aliphatic hydroxyl groups is 1. The quantitative estimate of drug-likeness (QED) is 0.867. The van der Waals surface area contributed by atoms with Gasteiger partial charge in [0.25, 0.3) is 0 Å². The minimum Gasteiger partial charge on any atom is -0.396 e. The number of carbonyl (C=O) groups excluding carboxylic acids is 1. The zero-order valence-electron chi connectivity index (χ0n) is 10.8. The van der Waals surface area contributed by atoms with Crippen molar-refractivity contribution in [1.29, 1.82) is 0 Å². The molecule has 0 saturated carbocycles. The first-order chi connectivity index (χ1) is 9.17. The molecule has 1 aliphatic rings. The minimum absolute atomic E-state index is 0.0888. The number of anilines is 1. The van der Waals surface area contributed by atoms with Crippen LogP contribution in [0.3, 0.4) is 0 Å². The number of benzene rings is 1. The molecule has 1 aromatic rings. The summed E-state index contributed by atoms with van der Waals surface area (Å²) in [6.45, 7) is 2.25. The molecular weight excluding hydrogens is 247 g/mol. The lowest BCUT2D eigenvalue weighted by atomic mass is 9.98. The monoisotopic (exact) mass is 266 g/mol. The number of amides is 1. The highest BCUT2D eigenvalue weighted by Gasteiger charge is 2.20. The lowest BCUT2D eigenvalue weighted by Gasteiger charge is -2.30. The summed E-state index contributed by atoms with van der Waals surface area (Å²) in [5.74, 6) is -0.0328. The summed E-state index contributed by atoms with van der Waals surface area (Å²) in [6.07, 6.45) is 1.86. The first kappa shape index (κ1) is 14.0. The van der Waals surface area contributed by atoms with E-state index in [2.05, 4.69) is 10.2 Å². The Morgan fingerprint density at radius 3 is 2.53 bits per heavy atom. The van der Waals surface area contributed by atoms with Crippen molar-refractivity contribution in [2.45, 2.75) is 12.8 Å². The fraction of sp³-hybridized carbons (Fsp3) is 0.500. The highest BCUT2D eigenvalue weighted by Crippen LogP contribution is 2.16. The number of hydrogen-bond donors (Lipinski definition) is 2. The molecule has 1 fully saturated rings. The number of halogens is 1. The highest BCUT2D eigenvalue weighted by atomic mass is 19.1. The van der Waals surface area contributed by atoms with Crippen molar-refractivity contribution in [2.75, 3.05) is 31.6 Å². The Morgan fingerprint density at radius 1 is 1.32 bits per heavy atom. The van der Waals surface area contributed by atoms with E-state index in [9.17, 15) is 9.18 Å². The van der Waals surface area contributed by atoms with Crippen LogP contribution in [0.25, 0.3) is 0 Å². The van der Waals surface area contributed by atoms with Gasteiger partial charge in [-0.05, 0) is 56.1 Å². The Balaban J connectivity index is 1.77. The van der Waals surface area contributed by atoms with Gasteiger partial charge < -0.3 is 10.4 Å². The molecule has 1 amide bonds. The van der Waals surface area contributed by atoms with Crippen molar-refractivity contribution in [3.8, 4) is 0 Å². The summed E-state index contributed by atoms with van der Waals surface area (Å²) in [7, 11) is 0. The predicted octanol–water partition coefficient (Wildman–Crippen LogP) is 1.47. The summed E-state index contributed by atoms with van der Waals surface area (Å²) in [4.78, 5) is 13.9. The SMILES string of the molecule is O=C(CN1CCC(CO)CC1)Nc1ccc(F)cc1. The van der Waals surface area contributed by atoms with Gasteiger partial charge in [-0.25, -0.2) is 4.39 Å². The molecule has 0 aromatic heterocycles. The number of rotatable bonds is 4. The van der Waals surface area contributed by atoms with E-state index in [1.165, 1.54) is 12.1 Å². The molecule has 5 heteroatoms. The van der Waals surface area contributed by atoms with Crippen molar-refractivity contribution in [2.24, 2.45) is 5.92 Å². The smallest absolute Gasteiger partial charge is 0.238 e. The molecule has 0 bridgehead atoms. The van der Waals surface area contributed by atoms with Gasteiger partial charge in [0, 0.05) is 12.3 Å². The molecule has 0 unspecified atom stereocenters. The maximum atomic E-state index is 12.7. The Hall–Kier alpha value is -1.46. The lowest BCUT2D eigenvalue weighted by molar-refractivity contribution is -0.117. The van der Waals surface area contributed by atoms with Crippen LogP contribution in [-0.2, 0) is 4.79 Å². The number of piperidine rings is 1. The molecule has 19 heavy (non-hydrogen) atoms. The van der Waals surface area contributed by atoms with Crippen molar-refractivity contribution in [1.82, 2.24) is 4.90 Å². The van der Waals surface area contributed by atoms with Crippen LogP contribution in [0.5, 0.6) is 0 Å². The second-order valence-electron chi connectivity index (χ2n) is 4.96. The summed E-state index contributed by atoms with van der Waals surface area (Å²) in [5, 5.41) is 11.8. The molecule has 0 aliphatic carbocycles. The molecule has 1 saturated heterocycles. The Morgan fingerprint density at radius 2 is 1.95 bits per heavy atom. The molecular formula is C14H19FN2O2. The van der Waals surface area contributed by atoms with Gasteiger partial charge in [-0.3, -0.25) is 9.69 Å². The Labute approximate surface area is 112 Å². The van der Waals surface area contributed by atoms with Crippen LogP contribution in [0.2, 0.25) is 0 Å². The van der Waals surface area contributed by atoms with E-state index in [0.717, 1.165) is 25.9 Å². The summed E-state index contributed by atoms with van der Waals surface area (Å²) in [5.41, 5.74) is 0.608. The second kappa shape index (κ2) is 6.63. The third-order valence-electron chi connectivity index (χ3n) is 3.46. The van der Waals surface area contributed by atoms with Gasteiger partial charge in [0.2, 0.25) is 5.91 Å². The van der Waals surface area contributed by atoms with Gasteiger partial charge in [0.05, 0.1) is 6.54 Å². The molecule has 1 aliphatic heterocycles. The van der Waals surface area contributed by atoms with Crippen LogP contribution in [0.15, 0.2) is 24.3 Å². The Kier molecular flexibility index (Phi) is 4.87. The van der Waals surface area contributed by atoms with Crippen LogP contribution in [0.1, 0.15) is 12.8 Å². The highest BCUT2D eigenvalue weighted by molar-refractivity contribution is 5.92. The first-order valence-electron chi connectivity index (χ1n) is 6.56. The van der Waals surface area contributed by atoms with Crippen LogP contribution in [-0.4, -0.2) is 42.2 Å². The zero-order chi connectivity index (χ0) is 13.7. The summed E-state index contributed by atoms with van der Waals surface area (Å²) < 4.78 is 12.7. The summed E-state index contributed by atoms with van der Waals surface area (Å²) >= 11 is 0. The molecule has 0 atom stereocenters. The molecule has 0 radical (unpaired) electrons. The van der Waals surface area contributed by atoms with Crippen LogP contribution >= 0.6 is 0 Å². The fourth-order valence-electron chi connectivity index (χ4n) is 2.26. The maximum Gasteiger partial charge on any atom is 0.238 e. The van der Waals surface area contributed by atoms with Crippen molar-refractivity contribution in [3.63, 3.8) is 0 Å². The molecule has 2 rings (SSSR count). The normalized spacial score (nSPS) is 17.4. The average molecular weight is 266 g/mol. The van der Waals surface area contributed by atoms with E-state index in [1.807, 2.05) is 0 Å². The zero-order valence-corrected chi connectivity index (χ0v) is 10.8. The predicted molar refractivity (Wildman–Crippen MR) is 71.3 cm³/mol. The van der Waals surface area contributed by atoms with Crippen molar-refractivity contribution < 1.29 is 14.3 Å². The third-order valence-corrected chi connectivity index (χ3v) is 3.46. The van der Waals surface area contributed by atoms with Gasteiger partial charge in [-0.1, -0.05) is 0 Å². The lowest BCUT2D eigenvalue weighted by Crippen LogP contribution is -2.39. The molecule has 104 valence electrons. The minimum atomic E-state index is -0.316. The number of carbonyl (C=O) groups is 1. The van der Waals surface area contributed by atoms with Gasteiger partial charge in [0.1, 0.15) is 5.82 Å². The number of hydrogen-bond acceptors (Lipinski definition) is 3. The van der Waals surface area contributed by atoms with Crippen LogP contribution < -0.4 is 5.32 Å². The van der Waals surface area contributed by atoms with E-state index in [-0.39, 0.29) is 18.3 Å². The van der Waals surface area contributed by atoms with Crippen LogP contribution in [0.4, 0.5) is 10.1 Å². The van der Waals surface area contributed by atoms with Crippen molar-refractivity contribution in [3.05, 3.63) is 30.1 Å². The van der Waals surface area contributed by atoms with Crippen LogP contribution in [0, 0.1) is 11.7 Å². The average Bonchev–Trinajstić information content (AvgIpc) is 2.42. The molecule has 0 spiro atoms. The van der Waals surface area contributed by atoms with E-state index < -0.39 is 0 Å². The van der Waals surface area contributed by atoms with Crippen molar-refractivity contribution >= 4 is 11.6 Å². The number of likely N-dealkylation sites (tertiary alicyclic amines) is 1.